The maximum atomic E-state index is 13.3. The largest absolute Gasteiger partial charge is 0.461 e. The number of hydrogen-bond donors (Lipinski definition) is 3. The van der Waals surface area contributed by atoms with Crippen LogP contribution < -0.4 is 0 Å². The highest BCUT2D eigenvalue weighted by Crippen LogP contribution is 2.43. The van der Waals surface area contributed by atoms with E-state index in [9.17, 15) is 34.5 Å². The quantitative estimate of drug-likeness (QED) is 0.309. The van der Waals surface area contributed by atoms with Crippen molar-refractivity contribution in [2.45, 2.75) is 70.2 Å². The van der Waals surface area contributed by atoms with E-state index in [0.717, 1.165) is 11.1 Å². The lowest BCUT2D eigenvalue weighted by Gasteiger charge is -2.42. The summed E-state index contributed by atoms with van der Waals surface area (Å²) >= 11 is 0. The van der Waals surface area contributed by atoms with E-state index < -0.39 is 84.9 Å². The zero-order chi connectivity index (χ0) is 27.3. The first-order valence-corrected chi connectivity index (χ1v) is 12.9. The Morgan fingerprint density at radius 2 is 1.32 bits per heavy atom. The van der Waals surface area contributed by atoms with E-state index in [-0.39, 0.29) is 13.2 Å². The summed E-state index contributed by atoms with van der Waals surface area (Å²) in [6.07, 6.45) is -5.57. The minimum Gasteiger partial charge on any atom is -0.461 e. The number of rotatable bonds is 5. The third kappa shape index (κ3) is 4.53. The number of aliphatic hydroxyl groups excluding tert-OH is 3. The molecule has 5 rings (SSSR count). The van der Waals surface area contributed by atoms with Crippen molar-refractivity contribution in [2.75, 3.05) is 19.8 Å². The molecule has 0 aromatic rings. The minimum absolute atomic E-state index is 0.199. The Hall–Kier alpha value is -2.80. The van der Waals surface area contributed by atoms with Gasteiger partial charge in [-0.25, -0.2) is 9.59 Å². The second-order valence-corrected chi connectivity index (χ2v) is 10.6. The number of fused-ring (bicyclic) bond motifs is 2. The summed E-state index contributed by atoms with van der Waals surface area (Å²) in [4.78, 5) is 51.0. The van der Waals surface area contributed by atoms with Gasteiger partial charge in [-0.05, 0) is 39.5 Å². The van der Waals surface area contributed by atoms with Gasteiger partial charge in [-0.2, -0.15) is 0 Å². The Morgan fingerprint density at radius 1 is 0.842 bits per heavy atom. The van der Waals surface area contributed by atoms with Gasteiger partial charge in [-0.15, -0.1) is 0 Å². The lowest BCUT2D eigenvalue weighted by Crippen LogP contribution is -2.62. The molecule has 0 saturated carbocycles. The van der Waals surface area contributed by atoms with E-state index in [4.69, 9.17) is 23.7 Å². The first-order valence-electron chi connectivity index (χ1n) is 12.9. The number of esters is 4. The predicted molar refractivity (Wildman–Crippen MR) is 123 cm³/mol. The van der Waals surface area contributed by atoms with Crippen LogP contribution in [0.4, 0.5) is 0 Å². The van der Waals surface area contributed by atoms with Crippen LogP contribution in [-0.2, 0) is 42.9 Å². The zero-order valence-corrected chi connectivity index (χ0v) is 21.2. The molecule has 0 amide bonds. The summed E-state index contributed by atoms with van der Waals surface area (Å²) < 4.78 is 26.9. The number of ether oxygens (including phenoxy) is 5. The molecule has 3 fully saturated rings. The molecule has 12 heteroatoms. The highest BCUT2D eigenvalue weighted by atomic mass is 16.7. The highest BCUT2D eigenvalue weighted by molar-refractivity contribution is 5.94. The van der Waals surface area contributed by atoms with Crippen LogP contribution in [0.1, 0.15) is 39.5 Å². The van der Waals surface area contributed by atoms with Crippen LogP contribution in [0.15, 0.2) is 22.3 Å². The van der Waals surface area contributed by atoms with Crippen LogP contribution in [-0.4, -0.2) is 89.7 Å². The van der Waals surface area contributed by atoms with Gasteiger partial charge in [0.2, 0.25) is 0 Å². The van der Waals surface area contributed by atoms with E-state index in [1.165, 1.54) is 0 Å². The lowest BCUT2D eigenvalue weighted by atomic mass is 9.84. The molecule has 9 atom stereocenters. The Kier molecular flexibility index (Phi) is 7.33. The van der Waals surface area contributed by atoms with Crippen LogP contribution in [0, 0.1) is 23.7 Å². The van der Waals surface area contributed by atoms with Crippen molar-refractivity contribution in [3.63, 3.8) is 0 Å². The van der Waals surface area contributed by atoms with Gasteiger partial charge in [0.1, 0.15) is 25.4 Å². The molecular formula is C26H32O12. The van der Waals surface area contributed by atoms with E-state index in [0.29, 0.717) is 36.8 Å². The van der Waals surface area contributed by atoms with Gasteiger partial charge >= 0.3 is 23.9 Å². The average Bonchev–Trinajstić information content (AvgIpc) is 3.47. The van der Waals surface area contributed by atoms with Crippen molar-refractivity contribution in [1.82, 2.24) is 0 Å². The first kappa shape index (κ1) is 26.8. The van der Waals surface area contributed by atoms with Gasteiger partial charge in [0, 0.05) is 23.0 Å². The molecule has 3 aliphatic heterocycles. The molecule has 3 saturated heterocycles. The molecule has 3 heterocycles. The third-order valence-electron chi connectivity index (χ3n) is 8.44. The summed E-state index contributed by atoms with van der Waals surface area (Å²) in [5, 5.41) is 30.8. The van der Waals surface area contributed by atoms with E-state index in [2.05, 4.69) is 0 Å². The van der Waals surface area contributed by atoms with Gasteiger partial charge in [0.25, 0.3) is 0 Å². The average molecular weight is 537 g/mol. The molecule has 0 spiro atoms. The van der Waals surface area contributed by atoms with Gasteiger partial charge < -0.3 is 39.0 Å². The van der Waals surface area contributed by atoms with Gasteiger partial charge in [-0.1, -0.05) is 11.1 Å². The van der Waals surface area contributed by atoms with Crippen molar-refractivity contribution in [2.24, 2.45) is 23.7 Å². The van der Waals surface area contributed by atoms with Gasteiger partial charge in [-0.3, -0.25) is 9.59 Å². The normalized spacial score (nSPS) is 38.8. The Bertz CT molecular complexity index is 1020. The number of allylic oxidation sites excluding steroid dienone is 2. The molecule has 0 bridgehead atoms. The fourth-order valence-electron chi connectivity index (χ4n) is 6.35. The molecule has 5 unspecified atom stereocenters. The van der Waals surface area contributed by atoms with Gasteiger partial charge in [0.05, 0.1) is 18.4 Å². The highest BCUT2D eigenvalue weighted by Gasteiger charge is 2.53. The Balaban J connectivity index is 1.35. The maximum absolute atomic E-state index is 13.3. The number of hydrogen-bond acceptors (Lipinski definition) is 12. The summed E-state index contributed by atoms with van der Waals surface area (Å²) in [6, 6.07) is 0. The van der Waals surface area contributed by atoms with Crippen LogP contribution in [0.5, 0.6) is 0 Å². The van der Waals surface area contributed by atoms with Crippen LogP contribution in [0.25, 0.3) is 0 Å². The SMILES string of the molecule is CC1=C2C(=O)OCC(C(=O)O[C@H]3[C@H](OC(=O)C4COC(=O)C5=C(C)CCC54)[C@@H](O)C(O)O[C@@H]3CO)C2CC1. The minimum atomic E-state index is -1.82. The van der Waals surface area contributed by atoms with Crippen LogP contribution >= 0.6 is 0 Å². The van der Waals surface area contributed by atoms with Crippen molar-refractivity contribution in [1.29, 1.82) is 0 Å². The summed E-state index contributed by atoms with van der Waals surface area (Å²) in [5.74, 6) is -4.97. The Morgan fingerprint density at radius 3 is 1.79 bits per heavy atom. The van der Waals surface area contributed by atoms with Gasteiger partial charge in [0.15, 0.2) is 18.5 Å². The number of carbonyl (C=O) groups excluding carboxylic acids is 4. The number of aliphatic hydroxyl groups is 3. The molecule has 5 aliphatic rings. The van der Waals surface area contributed by atoms with Crippen molar-refractivity contribution >= 4 is 23.9 Å². The van der Waals surface area contributed by atoms with E-state index in [1.54, 1.807) is 6.92 Å². The lowest BCUT2D eigenvalue weighted by molar-refractivity contribution is -0.295. The van der Waals surface area contributed by atoms with Crippen molar-refractivity contribution in [3.8, 4) is 0 Å². The number of carbonyl (C=O) groups is 4. The monoisotopic (exact) mass is 536 g/mol. The third-order valence-corrected chi connectivity index (χ3v) is 8.44. The molecular weight excluding hydrogens is 504 g/mol. The molecule has 208 valence electrons. The molecule has 38 heavy (non-hydrogen) atoms. The molecule has 3 N–H and O–H groups in total. The summed E-state index contributed by atoms with van der Waals surface area (Å²) in [5.41, 5.74) is 2.60. The zero-order valence-electron chi connectivity index (χ0n) is 21.2. The van der Waals surface area contributed by atoms with Crippen LogP contribution in [0.3, 0.4) is 0 Å². The fraction of sp³-hybridized carbons (Fsp3) is 0.692. The van der Waals surface area contributed by atoms with E-state index in [1.807, 2.05) is 6.92 Å². The van der Waals surface area contributed by atoms with Crippen molar-refractivity contribution in [3.05, 3.63) is 22.3 Å². The molecule has 0 radical (unpaired) electrons. The molecule has 0 aromatic carbocycles. The maximum Gasteiger partial charge on any atom is 0.334 e. The number of cyclic esters (lactones) is 2. The first-order chi connectivity index (χ1) is 18.1. The molecule has 0 aromatic heterocycles. The molecule has 12 nitrogen and oxygen atoms in total. The Labute approximate surface area is 218 Å². The second kappa shape index (κ2) is 10.4. The predicted octanol–water partition coefficient (Wildman–Crippen LogP) is -0.321. The second-order valence-electron chi connectivity index (χ2n) is 10.6. The van der Waals surface area contributed by atoms with Crippen molar-refractivity contribution < 1.29 is 58.2 Å². The fourth-order valence-corrected chi connectivity index (χ4v) is 6.35. The molecule has 2 aliphatic carbocycles. The van der Waals surface area contributed by atoms with E-state index >= 15 is 0 Å². The topological polar surface area (TPSA) is 175 Å². The van der Waals surface area contributed by atoms with Crippen LogP contribution in [0.2, 0.25) is 0 Å². The standard InChI is InChI=1S/C26H32O12/c1-10-3-5-12-14(8-34-24(31)17(10)12)22(29)37-20-16(7-27)36-26(33)19(28)21(20)38-23(30)15-9-35-25(32)18-11(2)4-6-13(15)18/h12-16,19-21,26-28,33H,3-9H2,1-2H3/t12?,13?,14?,15?,16-,19-,20-,21-,26?/m1/s1. The summed E-state index contributed by atoms with van der Waals surface area (Å²) in [7, 11) is 0. The summed E-state index contributed by atoms with van der Waals surface area (Å²) in [6.45, 7) is 2.50. The smallest absolute Gasteiger partial charge is 0.334 e.